The van der Waals surface area contributed by atoms with Crippen LogP contribution in [0.4, 0.5) is 0 Å². The average molecular weight is 192 g/mol. The van der Waals surface area contributed by atoms with E-state index in [1.807, 2.05) is 0 Å². The van der Waals surface area contributed by atoms with Gasteiger partial charge in [-0.2, -0.15) is 0 Å². The molecule has 0 heterocycles. The standard InChI is InChI=1S/C12H17P/c1-3-13(4-2)11-10-12-8-6-5-7-9-12/h5-11H,3-4H2,1-2H3. The van der Waals surface area contributed by atoms with Crippen molar-refractivity contribution in [2.24, 2.45) is 0 Å². The molecule has 0 nitrogen and oxygen atoms in total. The van der Waals surface area contributed by atoms with E-state index in [-0.39, 0.29) is 7.92 Å². The quantitative estimate of drug-likeness (QED) is 0.628. The molecule has 0 aliphatic carbocycles. The summed E-state index contributed by atoms with van der Waals surface area (Å²) in [7, 11) is 0.140. The van der Waals surface area contributed by atoms with Crippen molar-refractivity contribution in [1.29, 1.82) is 0 Å². The highest BCUT2D eigenvalue weighted by Crippen LogP contribution is 2.36. The van der Waals surface area contributed by atoms with E-state index in [1.165, 1.54) is 17.9 Å². The summed E-state index contributed by atoms with van der Waals surface area (Å²) in [4.78, 5) is 0. The Bertz CT molecular complexity index is 247. The van der Waals surface area contributed by atoms with E-state index in [0.717, 1.165) is 0 Å². The van der Waals surface area contributed by atoms with Gasteiger partial charge in [0.05, 0.1) is 0 Å². The van der Waals surface area contributed by atoms with Gasteiger partial charge in [0, 0.05) is 0 Å². The molecule has 0 fully saturated rings. The Kier molecular flexibility index (Phi) is 4.78. The molecule has 0 bridgehead atoms. The van der Waals surface area contributed by atoms with Crippen LogP contribution in [0.5, 0.6) is 0 Å². The molecule has 0 aromatic heterocycles. The van der Waals surface area contributed by atoms with Crippen LogP contribution < -0.4 is 0 Å². The third kappa shape index (κ3) is 3.74. The molecule has 13 heavy (non-hydrogen) atoms. The Morgan fingerprint density at radius 3 is 2.23 bits per heavy atom. The van der Waals surface area contributed by atoms with Crippen molar-refractivity contribution in [3.63, 3.8) is 0 Å². The normalized spacial score (nSPS) is 11.3. The van der Waals surface area contributed by atoms with E-state index in [9.17, 15) is 0 Å². The van der Waals surface area contributed by atoms with Crippen LogP contribution in [-0.2, 0) is 0 Å². The van der Waals surface area contributed by atoms with Crippen molar-refractivity contribution in [2.75, 3.05) is 12.3 Å². The van der Waals surface area contributed by atoms with E-state index in [0.29, 0.717) is 0 Å². The monoisotopic (exact) mass is 192 g/mol. The first-order valence-corrected chi connectivity index (χ1v) is 6.62. The smallest absolute Gasteiger partial charge is 0.0256 e. The molecule has 0 unspecified atom stereocenters. The lowest BCUT2D eigenvalue weighted by atomic mass is 10.2. The fourth-order valence-corrected chi connectivity index (χ4v) is 2.44. The van der Waals surface area contributed by atoms with Crippen LogP contribution in [0.2, 0.25) is 0 Å². The van der Waals surface area contributed by atoms with Crippen LogP contribution in [0.25, 0.3) is 6.08 Å². The Balaban J connectivity index is 2.57. The Labute approximate surface area is 82.4 Å². The van der Waals surface area contributed by atoms with Crippen LogP contribution >= 0.6 is 7.92 Å². The van der Waals surface area contributed by atoms with Crippen molar-refractivity contribution in [3.05, 3.63) is 41.7 Å². The summed E-state index contributed by atoms with van der Waals surface area (Å²) in [5.41, 5.74) is 1.32. The van der Waals surface area contributed by atoms with E-state index < -0.39 is 0 Å². The fraction of sp³-hybridized carbons (Fsp3) is 0.333. The van der Waals surface area contributed by atoms with Gasteiger partial charge in [-0.1, -0.05) is 64.0 Å². The lowest BCUT2D eigenvalue weighted by Crippen LogP contribution is -1.77. The lowest BCUT2D eigenvalue weighted by Gasteiger charge is -2.05. The predicted octanol–water partition coefficient (Wildman–Crippen LogP) is 4.18. The van der Waals surface area contributed by atoms with Crippen LogP contribution in [-0.4, -0.2) is 12.3 Å². The molecule has 0 aliphatic rings. The molecule has 1 heteroatoms. The molecular weight excluding hydrogens is 175 g/mol. The zero-order valence-corrected chi connectivity index (χ0v) is 9.30. The second kappa shape index (κ2) is 5.94. The molecule has 1 aromatic rings. The minimum Gasteiger partial charge on any atom is -0.0838 e. The fourth-order valence-electron chi connectivity index (χ4n) is 1.19. The van der Waals surface area contributed by atoms with Gasteiger partial charge in [-0.15, -0.1) is 0 Å². The summed E-state index contributed by atoms with van der Waals surface area (Å²) in [6.45, 7) is 4.54. The van der Waals surface area contributed by atoms with Gasteiger partial charge in [0.2, 0.25) is 0 Å². The van der Waals surface area contributed by atoms with Crippen molar-refractivity contribution in [3.8, 4) is 0 Å². The van der Waals surface area contributed by atoms with Crippen LogP contribution in [0.1, 0.15) is 19.4 Å². The van der Waals surface area contributed by atoms with Gasteiger partial charge in [-0.25, -0.2) is 0 Å². The van der Waals surface area contributed by atoms with Crippen LogP contribution in [0.15, 0.2) is 36.1 Å². The number of hydrogen-bond acceptors (Lipinski definition) is 0. The molecule has 1 aromatic carbocycles. The van der Waals surface area contributed by atoms with Gasteiger partial charge in [0.15, 0.2) is 0 Å². The Hall–Kier alpha value is -0.610. The Morgan fingerprint density at radius 1 is 1.08 bits per heavy atom. The van der Waals surface area contributed by atoms with Crippen molar-refractivity contribution in [2.45, 2.75) is 13.8 Å². The second-order valence-corrected chi connectivity index (χ2v) is 5.69. The Morgan fingerprint density at radius 2 is 1.69 bits per heavy atom. The molecular formula is C12H17P. The highest BCUT2D eigenvalue weighted by Gasteiger charge is 1.94. The summed E-state index contributed by atoms with van der Waals surface area (Å²) in [6, 6.07) is 10.5. The molecule has 0 N–H and O–H groups in total. The first-order chi connectivity index (χ1) is 6.36. The number of benzene rings is 1. The molecule has 0 radical (unpaired) electrons. The van der Waals surface area contributed by atoms with Gasteiger partial charge >= 0.3 is 0 Å². The van der Waals surface area contributed by atoms with Crippen LogP contribution in [0.3, 0.4) is 0 Å². The molecule has 0 amide bonds. The average Bonchev–Trinajstić information content (AvgIpc) is 2.21. The molecule has 0 aliphatic heterocycles. The highest BCUT2D eigenvalue weighted by molar-refractivity contribution is 7.61. The zero-order valence-electron chi connectivity index (χ0n) is 8.40. The summed E-state index contributed by atoms with van der Waals surface area (Å²) < 4.78 is 0. The van der Waals surface area contributed by atoms with Crippen molar-refractivity contribution >= 4 is 14.0 Å². The van der Waals surface area contributed by atoms with Crippen molar-refractivity contribution < 1.29 is 0 Å². The summed E-state index contributed by atoms with van der Waals surface area (Å²) >= 11 is 0. The maximum atomic E-state index is 2.38. The van der Waals surface area contributed by atoms with E-state index in [4.69, 9.17) is 0 Å². The molecule has 0 saturated carbocycles. The zero-order chi connectivity index (χ0) is 9.52. The van der Waals surface area contributed by atoms with Crippen LogP contribution in [0, 0.1) is 0 Å². The first-order valence-electron chi connectivity index (χ1n) is 4.84. The number of rotatable bonds is 4. The summed E-state index contributed by atoms with van der Waals surface area (Å²) in [6.07, 6.45) is 4.85. The van der Waals surface area contributed by atoms with Crippen molar-refractivity contribution in [1.82, 2.24) is 0 Å². The summed E-state index contributed by atoms with van der Waals surface area (Å²) in [5, 5.41) is 0. The largest absolute Gasteiger partial charge is 0.0838 e. The van der Waals surface area contributed by atoms with E-state index in [1.54, 1.807) is 0 Å². The van der Waals surface area contributed by atoms with Gasteiger partial charge in [0.1, 0.15) is 0 Å². The molecule has 70 valence electrons. The van der Waals surface area contributed by atoms with Gasteiger partial charge in [-0.05, 0) is 17.9 Å². The van der Waals surface area contributed by atoms with E-state index >= 15 is 0 Å². The summed E-state index contributed by atoms with van der Waals surface area (Å²) in [5.74, 6) is 2.38. The lowest BCUT2D eigenvalue weighted by molar-refractivity contribution is 1.42. The third-order valence-electron chi connectivity index (χ3n) is 2.09. The topological polar surface area (TPSA) is 0 Å². The third-order valence-corrected chi connectivity index (χ3v) is 4.29. The van der Waals surface area contributed by atoms with Gasteiger partial charge < -0.3 is 0 Å². The highest BCUT2D eigenvalue weighted by atomic mass is 31.1. The predicted molar refractivity (Wildman–Crippen MR) is 63.5 cm³/mol. The SMILES string of the molecule is CCP(C=Cc1ccccc1)CC. The van der Waals surface area contributed by atoms with Gasteiger partial charge in [0.25, 0.3) is 0 Å². The molecule has 0 saturated heterocycles. The maximum Gasteiger partial charge on any atom is -0.0256 e. The number of hydrogen-bond donors (Lipinski definition) is 0. The minimum absolute atomic E-state index is 0.140. The maximum absolute atomic E-state index is 2.38. The van der Waals surface area contributed by atoms with Gasteiger partial charge in [-0.3, -0.25) is 0 Å². The molecule has 1 rings (SSSR count). The minimum atomic E-state index is 0.140. The van der Waals surface area contributed by atoms with E-state index in [2.05, 4.69) is 56.1 Å². The molecule has 0 spiro atoms. The first kappa shape index (κ1) is 10.5. The second-order valence-electron chi connectivity index (χ2n) is 2.95. The molecule has 0 atom stereocenters.